The molecular weight excluding hydrogens is 393 g/mol. The van der Waals surface area contributed by atoms with Gasteiger partial charge in [0.2, 0.25) is 11.7 Å². The molecule has 0 aliphatic heterocycles. The highest BCUT2D eigenvalue weighted by atomic mass is 19.1. The number of benzene rings is 2. The Morgan fingerprint density at radius 2 is 1.68 bits per heavy atom. The SMILES string of the molecule is CN(CCCc1cc(-c2ccc(F)cc2)n[nH]1)CCCc1nc(-c2ccccc2)no1. The average molecular weight is 420 g/mol. The van der Waals surface area contributed by atoms with Crippen molar-refractivity contribution in [2.75, 3.05) is 20.1 Å². The van der Waals surface area contributed by atoms with Crippen molar-refractivity contribution < 1.29 is 8.91 Å². The van der Waals surface area contributed by atoms with Crippen LogP contribution in [-0.4, -0.2) is 45.4 Å². The maximum absolute atomic E-state index is 13.1. The first-order valence-corrected chi connectivity index (χ1v) is 10.5. The smallest absolute Gasteiger partial charge is 0.227 e. The van der Waals surface area contributed by atoms with Crippen molar-refractivity contribution in [3.8, 4) is 22.6 Å². The molecule has 0 amide bonds. The van der Waals surface area contributed by atoms with E-state index in [1.165, 1.54) is 12.1 Å². The lowest BCUT2D eigenvalue weighted by molar-refractivity contribution is 0.312. The highest BCUT2D eigenvalue weighted by molar-refractivity contribution is 5.59. The monoisotopic (exact) mass is 419 g/mol. The van der Waals surface area contributed by atoms with Crippen molar-refractivity contribution in [1.29, 1.82) is 0 Å². The van der Waals surface area contributed by atoms with Crippen LogP contribution in [0.15, 0.2) is 65.2 Å². The summed E-state index contributed by atoms with van der Waals surface area (Å²) in [5.41, 5.74) is 3.82. The second-order valence-corrected chi connectivity index (χ2v) is 7.67. The Morgan fingerprint density at radius 3 is 2.45 bits per heavy atom. The van der Waals surface area contributed by atoms with E-state index < -0.39 is 0 Å². The fourth-order valence-corrected chi connectivity index (χ4v) is 3.47. The Hall–Kier alpha value is -3.32. The number of hydrogen-bond donors (Lipinski definition) is 1. The lowest BCUT2D eigenvalue weighted by Crippen LogP contribution is -2.21. The molecular formula is C24H26FN5O. The zero-order chi connectivity index (χ0) is 21.5. The van der Waals surface area contributed by atoms with Crippen LogP contribution in [0.1, 0.15) is 24.4 Å². The predicted molar refractivity (Wildman–Crippen MR) is 118 cm³/mol. The lowest BCUT2D eigenvalue weighted by atomic mass is 10.1. The molecule has 0 fully saturated rings. The molecule has 0 spiro atoms. The van der Waals surface area contributed by atoms with Gasteiger partial charge in [-0.2, -0.15) is 10.1 Å². The van der Waals surface area contributed by atoms with Crippen LogP contribution in [0.4, 0.5) is 4.39 Å². The largest absolute Gasteiger partial charge is 0.339 e. The van der Waals surface area contributed by atoms with Gasteiger partial charge in [0, 0.05) is 23.2 Å². The van der Waals surface area contributed by atoms with Gasteiger partial charge in [-0.1, -0.05) is 35.5 Å². The zero-order valence-corrected chi connectivity index (χ0v) is 17.6. The molecule has 7 heteroatoms. The number of aromatic nitrogens is 4. The number of hydrogen-bond acceptors (Lipinski definition) is 5. The molecule has 0 aliphatic rings. The molecule has 0 aliphatic carbocycles. The molecule has 0 bridgehead atoms. The zero-order valence-electron chi connectivity index (χ0n) is 17.6. The Bertz CT molecular complexity index is 1070. The minimum Gasteiger partial charge on any atom is -0.339 e. The van der Waals surface area contributed by atoms with E-state index >= 15 is 0 Å². The standard InChI is InChI=1S/C24H26FN5O/c1-30(16-6-10-23-26-24(29-31-23)19-7-3-2-4-8-19)15-5-9-21-17-22(28-27-21)18-11-13-20(25)14-12-18/h2-4,7-8,11-14,17H,5-6,9-10,15-16H2,1H3,(H,27,28). The van der Waals surface area contributed by atoms with E-state index in [1.54, 1.807) is 12.1 Å². The number of halogens is 1. The average Bonchev–Trinajstić information content (AvgIpc) is 3.45. The van der Waals surface area contributed by atoms with E-state index in [0.717, 1.165) is 61.3 Å². The Balaban J connectivity index is 1.16. The molecule has 0 saturated carbocycles. The molecule has 4 rings (SSSR count). The Kier molecular flexibility index (Phi) is 6.84. The van der Waals surface area contributed by atoms with Crippen molar-refractivity contribution >= 4 is 0 Å². The highest BCUT2D eigenvalue weighted by Crippen LogP contribution is 2.19. The second kappa shape index (κ2) is 10.1. The molecule has 2 heterocycles. The Morgan fingerprint density at radius 1 is 0.935 bits per heavy atom. The van der Waals surface area contributed by atoms with Crippen LogP contribution in [-0.2, 0) is 12.8 Å². The van der Waals surface area contributed by atoms with E-state index in [4.69, 9.17) is 4.52 Å². The molecule has 4 aromatic rings. The number of nitrogens with zero attached hydrogens (tertiary/aromatic N) is 4. The van der Waals surface area contributed by atoms with Gasteiger partial charge < -0.3 is 9.42 Å². The normalized spacial score (nSPS) is 11.3. The fraction of sp³-hybridized carbons (Fsp3) is 0.292. The van der Waals surface area contributed by atoms with Gasteiger partial charge in [-0.15, -0.1) is 0 Å². The molecule has 160 valence electrons. The topological polar surface area (TPSA) is 70.8 Å². The molecule has 0 radical (unpaired) electrons. The van der Waals surface area contributed by atoms with Gasteiger partial charge in [0.15, 0.2) is 0 Å². The van der Waals surface area contributed by atoms with E-state index in [9.17, 15) is 4.39 Å². The lowest BCUT2D eigenvalue weighted by Gasteiger charge is -2.15. The van der Waals surface area contributed by atoms with Gasteiger partial charge in [0.1, 0.15) is 5.82 Å². The summed E-state index contributed by atoms with van der Waals surface area (Å²) in [5, 5.41) is 11.5. The van der Waals surface area contributed by atoms with Gasteiger partial charge in [0.05, 0.1) is 5.69 Å². The van der Waals surface area contributed by atoms with Crippen molar-refractivity contribution in [3.63, 3.8) is 0 Å². The third kappa shape index (κ3) is 5.86. The van der Waals surface area contributed by atoms with Gasteiger partial charge in [-0.3, -0.25) is 5.10 Å². The van der Waals surface area contributed by atoms with Crippen LogP contribution in [0.25, 0.3) is 22.6 Å². The summed E-state index contributed by atoms with van der Waals surface area (Å²) in [6.07, 6.45) is 3.68. The number of H-pyrrole nitrogens is 1. The summed E-state index contributed by atoms with van der Waals surface area (Å²) >= 11 is 0. The number of aromatic amines is 1. The molecule has 0 atom stereocenters. The van der Waals surface area contributed by atoms with Crippen LogP contribution >= 0.6 is 0 Å². The van der Waals surface area contributed by atoms with Crippen LogP contribution in [0.2, 0.25) is 0 Å². The van der Waals surface area contributed by atoms with Crippen molar-refractivity contribution in [3.05, 3.63) is 78.1 Å². The number of aryl methyl sites for hydroxylation is 2. The molecule has 6 nitrogen and oxygen atoms in total. The van der Waals surface area contributed by atoms with Crippen LogP contribution in [0, 0.1) is 5.82 Å². The fourth-order valence-electron chi connectivity index (χ4n) is 3.47. The summed E-state index contributed by atoms with van der Waals surface area (Å²) in [6, 6.07) is 18.3. The van der Waals surface area contributed by atoms with Gasteiger partial charge >= 0.3 is 0 Å². The first-order chi connectivity index (χ1) is 15.2. The summed E-state index contributed by atoms with van der Waals surface area (Å²) in [6.45, 7) is 1.96. The molecule has 2 aromatic heterocycles. The van der Waals surface area contributed by atoms with Crippen LogP contribution in [0.3, 0.4) is 0 Å². The van der Waals surface area contributed by atoms with Crippen molar-refractivity contribution in [1.82, 2.24) is 25.2 Å². The van der Waals surface area contributed by atoms with E-state index in [1.807, 2.05) is 36.4 Å². The number of nitrogens with one attached hydrogen (secondary N) is 1. The Labute approximate surface area is 181 Å². The van der Waals surface area contributed by atoms with E-state index in [0.29, 0.717) is 11.7 Å². The van der Waals surface area contributed by atoms with E-state index in [2.05, 4.69) is 32.3 Å². The van der Waals surface area contributed by atoms with Crippen molar-refractivity contribution in [2.24, 2.45) is 0 Å². The third-order valence-electron chi connectivity index (χ3n) is 5.19. The summed E-state index contributed by atoms with van der Waals surface area (Å²) in [7, 11) is 2.13. The van der Waals surface area contributed by atoms with Gasteiger partial charge in [0.25, 0.3) is 0 Å². The molecule has 0 saturated heterocycles. The molecule has 0 unspecified atom stereocenters. The van der Waals surface area contributed by atoms with Gasteiger partial charge in [-0.25, -0.2) is 4.39 Å². The summed E-state index contributed by atoms with van der Waals surface area (Å²) in [4.78, 5) is 6.79. The van der Waals surface area contributed by atoms with Gasteiger partial charge in [-0.05, 0) is 69.7 Å². The number of rotatable bonds is 10. The summed E-state index contributed by atoms with van der Waals surface area (Å²) in [5.74, 6) is 1.08. The quantitative estimate of drug-likeness (QED) is 0.401. The first kappa shape index (κ1) is 20.9. The maximum atomic E-state index is 13.1. The predicted octanol–water partition coefficient (Wildman–Crippen LogP) is 4.76. The summed E-state index contributed by atoms with van der Waals surface area (Å²) < 4.78 is 18.4. The van der Waals surface area contributed by atoms with E-state index in [-0.39, 0.29) is 5.82 Å². The minimum atomic E-state index is -0.238. The second-order valence-electron chi connectivity index (χ2n) is 7.67. The maximum Gasteiger partial charge on any atom is 0.227 e. The minimum absolute atomic E-state index is 0.238. The van der Waals surface area contributed by atoms with Crippen molar-refractivity contribution in [2.45, 2.75) is 25.7 Å². The van der Waals surface area contributed by atoms with Crippen LogP contribution < -0.4 is 0 Å². The van der Waals surface area contributed by atoms with Crippen LogP contribution in [0.5, 0.6) is 0 Å². The molecule has 31 heavy (non-hydrogen) atoms. The third-order valence-corrected chi connectivity index (χ3v) is 5.19. The molecule has 2 aromatic carbocycles. The molecule has 1 N–H and O–H groups in total. The first-order valence-electron chi connectivity index (χ1n) is 10.5. The highest BCUT2D eigenvalue weighted by Gasteiger charge is 2.09.